The third-order valence-corrected chi connectivity index (χ3v) is 3.45. The van der Waals surface area contributed by atoms with Crippen molar-refractivity contribution in [2.45, 2.75) is 24.3 Å². The van der Waals surface area contributed by atoms with Gasteiger partial charge in [0.1, 0.15) is 0 Å². The molecule has 5 heteroatoms. The number of hydrogen-bond donors (Lipinski definition) is 1. The Kier molecular flexibility index (Phi) is 5.55. The van der Waals surface area contributed by atoms with E-state index in [0.29, 0.717) is 6.42 Å². The Balaban J connectivity index is 1.74. The lowest BCUT2D eigenvalue weighted by Crippen LogP contribution is -2.11. The second-order valence-corrected chi connectivity index (χ2v) is 5.14. The lowest BCUT2D eigenvalue weighted by molar-refractivity contribution is -0.116. The Morgan fingerprint density at radius 2 is 2.15 bits per heavy atom. The van der Waals surface area contributed by atoms with Crippen LogP contribution in [0.3, 0.4) is 0 Å². The highest BCUT2D eigenvalue weighted by molar-refractivity contribution is 7.98. The quantitative estimate of drug-likeness (QED) is 0.829. The van der Waals surface area contributed by atoms with E-state index < -0.39 is 0 Å². The zero-order valence-electron chi connectivity index (χ0n) is 11.4. The third kappa shape index (κ3) is 4.66. The maximum atomic E-state index is 11.8. The number of pyridine rings is 2. The van der Waals surface area contributed by atoms with Crippen LogP contribution in [0.2, 0.25) is 0 Å². The van der Waals surface area contributed by atoms with Crippen LogP contribution in [-0.2, 0) is 11.2 Å². The molecular weight excluding hydrogens is 270 g/mol. The molecule has 2 aromatic rings. The largest absolute Gasteiger partial charge is 0.325 e. The number of hydrogen-bond acceptors (Lipinski definition) is 4. The minimum absolute atomic E-state index is 0.0135. The van der Waals surface area contributed by atoms with Crippen molar-refractivity contribution in [3.8, 4) is 0 Å². The number of aromatic nitrogens is 2. The van der Waals surface area contributed by atoms with Crippen molar-refractivity contribution in [3.05, 3.63) is 48.4 Å². The van der Waals surface area contributed by atoms with Gasteiger partial charge in [-0.25, -0.2) is 4.98 Å². The van der Waals surface area contributed by atoms with Gasteiger partial charge in [0.25, 0.3) is 0 Å². The van der Waals surface area contributed by atoms with Gasteiger partial charge in [-0.05, 0) is 43.4 Å². The molecule has 2 rings (SSSR count). The molecule has 4 nitrogen and oxygen atoms in total. The summed E-state index contributed by atoms with van der Waals surface area (Å²) in [5, 5.41) is 3.79. The fraction of sp³-hybridized carbons (Fsp3) is 0.267. The number of carbonyl (C=O) groups excluding carboxylic acids is 1. The Bertz CT molecular complexity index is 543. The molecule has 0 fully saturated rings. The topological polar surface area (TPSA) is 54.9 Å². The SMILES string of the molecule is CSc1ccc(NC(=O)CCCc2ccccn2)cn1. The minimum atomic E-state index is 0.0135. The molecule has 0 aliphatic heterocycles. The molecule has 0 aromatic carbocycles. The van der Waals surface area contributed by atoms with Crippen molar-refractivity contribution in [1.82, 2.24) is 9.97 Å². The monoisotopic (exact) mass is 287 g/mol. The van der Waals surface area contributed by atoms with E-state index >= 15 is 0 Å². The molecule has 0 bridgehead atoms. The predicted octanol–water partition coefficient (Wildman–Crippen LogP) is 3.16. The maximum Gasteiger partial charge on any atom is 0.224 e. The molecule has 2 aromatic heterocycles. The lowest BCUT2D eigenvalue weighted by atomic mass is 10.1. The molecular formula is C15H17N3OS. The third-order valence-electron chi connectivity index (χ3n) is 2.79. The summed E-state index contributed by atoms with van der Waals surface area (Å²) in [6.07, 6.45) is 7.52. The van der Waals surface area contributed by atoms with Crippen LogP contribution >= 0.6 is 11.8 Å². The van der Waals surface area contributed by atoms with Crippen LogP contribution in [0.1, 0.15) is 18.5 Å². The summed E-state index contributed by atoms with van der Waals surface area (Å²) in [4.78, 5) is 20.2. The molecule has 0 unspecified atom stereocenters. The van der Waals surface area contributed by atoms with Crippen molar-refractivity contribution in [2.75, 3.05) is 11.6 Å². The van der Waals surface area contributed by atoms with E-state index in [2.05, 4.69) is 15.3 Å². The van der Waals surface area contributed by atoms with Gasteiger partial charge in [0.05, 0.1) is 16.9 Å². The molecule has 0 saturated heterocycles. The van der Waals surface area contributed by atoms with Gasteiger partial charge in [-0.1, -0.05) is 6.07 Å². The number of aryl methyl sites for hydroxylation is 1. The molecule has 1 N–H and O–H groups in total. The van der Waals surface area contributed by atoms with Gasteiger partial charge in [-0.2, -0.15) is 0 Å². The summed E-state index contributed by atoms with van der Waals surface area (Å²) in [7, 11) is 0. The molecule has 20 heavy (non-hydrogen) atoms. The number of nitrogens with one attached hydrogen (secondary N) is 1. The highest BCUT2D eigenvalue weighted by Gasteiger charge is 2.03. The van der Waals surface area contributed by atoms with Crippen LogP contribution in [0.5, 0.6) is 0 Å². The van der Waals surface area contributed by atoms with Gasteiger partial charge in [-0.3, -0.25) is 9.78 Å². The number of nitrogens with zero attached hydrogens (tertiary/aromatic N) is 2. The Labute approximate surface area is 123 Å². The van der Waals surface area contributed by atoms with Crippen LogP contribution in [0, 0.1) is 0 Å². The van der Waals surface area contributed by atoms with Crippen LogP contribution < -0.4 is 5.32 Å². The van der Waals surface area contributed by atoms with Crippen LogP contribution in [-0.4, -0.2) is 22.1 Å². The molecule has 0 aliphatic rings. The smallest absolute Gasteiger partial charge is 0.224 e. The van der Waals surface area contributed by atoms with Gasteiger partial charge in [0, 0.05) is 18.3 Å². The van der Waals surface area contributed by atoms with Crippen molar-refractivity contribution in [1.29, 1.82) is 0 Å². The second-order valence-electron chi connectivity index (χ2n) is 4.31. The maximum absolute atomic E-state index is 11.8. The van der Waals surface area contributed by atoms with Crippen molar-refractivity contribution >= 4 is 23.4 Å². The van der Waals surface area contributed by atoms with Crippen LogP contribution in [0.25, 0.3) is 0 Å². The molecule has 0 spiro atoms. The van der Waals surface area contributed by atoms with E-state index in [-0.39, 0.29) is 5.91 Å². The van der Waals surface area contributed by atoms with Gasteiger partial charge < -0.3 is 5.32 Å². The summed E-state index contributed by atoms with van der Waals surface area (Å²) < 4.78 is 0. The fourth-order valence-corrected chi connectivity index (χ4v) is 2.14. The molecule has 1 amide bonds. The van der Waals surface area contributed by atoms with Crippen LogP contribution in [0.15, 0.2) is 47.8 Å². The second kappa shape index (κ2) is 7.65. The first kappa shape index (κ1) is 14.5. The zero-order valence-corrected chi connectivity index (χ0v) is 12.2. The van der Waals surface area contributed by atoms with E-state index in [9.17, 15) is 4.79 Å². The van der Waals surface area contributed by atoms with E-state index in [1.165, 1.54) is 0 Å². The first-order valence-electron chi connectivity index (χ1n) is 6.48. The number of thioether (sulfide) groups is 1. The van der Waals surface area contributed by atoms with Gasteiger partial charge in [0.15, 0.2) is 0 Å². The predicted molar refractivity (Wildman–Crippen MR) is 81.8 cm³/mol. The first-order chi connectivity index (χ1) is 9.78. The molecule has 2 heterocycles. The van der Waals surface area contributed by atoms with E-state index in [0.717, 1.165) is 29.2 Å². The molecule has 0 atom stereocenters. The standard InChI is InChI=1S/C15H17N3OS/c1-20-15-9-8-13(11-17-15)18-14(19)7-4-6-12-5-2-3-10-16-12/h2-3,5,8-11H,4,6-7H2,1H3,(H,18,19). The zero-order chi connectivity index (χ0) is 14.2. The molecule has 0 aliphatic carbocycles. The normalized spacial score (nSPS) is 10.2. The summed E-state index contributed by atoms with van der Waals surface area (Å²) >= 11 is 1.58. The van der Waals surface area contributed by atoms with E-state index in [1.807, 2.05) is 36.6 Å². The highest BCUT2D eigenvalue weighted by Crippen LogP contribution is 2.14. The van der Waals surface area contributed by atoms with Crippen molar-refractivity contribution in [2.24, 2.45) is 0 Å². The van der Waals surface area contributed by atoms with E-state index in [4.69, 9.17) is 0 Å². The highest BCUT2D eigenvalue weighted by atomic mass is 32.2. The van der Waals surface area contributed by atoms with E-state index in [1.54, 1.807) is 24.2 Å². The summed E-state index contributed by atoms with van der Waals surface area (Å²) in [5.41, 5.74) is 1.76. The Hall–Kier alpha value is -1.88. The fourth-order valence-electron chi connectivity index (χ4n) is 1.77. The van der Waals surface area contributed by atoms with Crippen LogP contribution in [0.4, 0.5) is 5.69 Å². The first-order valence-corrected chi connectivity index (χ1v) is 7.70. The summed E-state index contributed by atoms with van der Waals surface area (Å²) in [6, 6.07) is 9.59. The summed E-state index contributed by atoms with van der Waals surface area (Å²) in [5.74, 6) is 0.0135. The lowest BCUT2D eigenvalue weighted by Gasteiger charge is -2.05. The average molecular weight is 287 g/mol. The molecule has 0 saturated carbocycles. The molecule has 104 valence electrons. The molecule has 0 radical (unpaired) electrons. The number of carbonyl (C=O) groups is 1. The number of amides is 1. The minimum Gasteiger partial charge on any atom is -0.325 e. The van der Waals surface area contributed by atoms with Gasteiger partial charge >= 0.3 is 0 Å². The Morgan fingerprint density at radius 1 is 1.25 bits per heavy atom. The van der Waals surface area contributed by atoms with Crippen molar-refractivity contribution in [3.63, 3.8) is 0 Å². The number of rotatable bonds is 6. The number of anilines is 1. The Morgan fingerprint density at radius 3 is 2.80 bits per heavy atom. The summed E-state index contributed by atoms with van der Waals surface area (Å²) in [6.45, 7) is 0. The van der Waals surface area contributed by atoms with Crippen molar-refractivity contribution < 1.29 is 4.79 Å². The van der Waals surface area contributed by atoms with Gasteiger partial charge in [0.2, 0.25) is 5.91 Å². The average Bonchev–Trinajstić information content (AvgIpc) is 2.49. The van der Waals surface area contributed by atoms with Gasteiger partial charge in [-0.15, -0.1) is 11.8 Å².